The molecule has 1 aromatic heterocycles. The van der Waals surface area contributed by atoms with Gasteiger partial charge < -0.3 is 0 Å². The van der Waals surface area contributed by atoms with Gasteiger partial charge in [0, 0.05) is 20.8 Å². The summed E-state index contributed by atoms with van der Waals surface area (Å²) in [5, 5.41) is 0. The Morgan fingerprint density at radius 2 is 1.88 bits per heavy atom. The molecule has 88 valence electrons. The Morgan fingerprint density at radius 3 is 2.53 bits per heavy atom. The Hall–Kier alpha value is -0.930. The Balaban J connectivity index is 2.37. The maximum absolute atomic E-state index is 11.9. The summed E-state index contributed by atoms with van der Waals surface area (Å²) in [6.07, 6.45) is 0. The zero-order valence-electron chi connectivity index (χ0n) is 9.74. The van der Waals surface area contributed by atoms with E-state index in [1.807, 2.05) is 44.2 Å². The van der Waals surface area contributed by atoms with E-state index < -0.39 is 0 Å². The Morgan fingerprint density at radius 1 is 1.18 bits per heavy atom. The third kappa shape index (κ3) is 2.67. The van der Waals surface area contributed by atoms with Crippen molar-refractivity contribution in [2.24, 2.45) is 5.92 Å². The molecule has 17 heavy (non-hydrogen) atoms. The average Bonchev–Trinajstić information content (AvgIpc) is 2.77. The second-order valence-electron chi connectivity index (χ2n) is 4.16. The first-order valence-electron chi connectivity index (χ1n) is 5.48. The van der Waals surface area contributed by atoms with Crippen LogP contribution in [0.15, 0.2) is 40.9 Å². The van der Waals surface area contributed by atoms with Crippen LogP contribution in [0, 0.1) is 5.92 Å². The summed E-state index contributed by atoms with van der Waals surface area (Å²) in [7, 11) is 0. The molecule has 0 bridgehead atoms. The standard InChI is InChI=1S/C14H13BrOS/c1-9(2)14(16)13-8-7-12(17-13)10-5-3-4-6-11(10)15/h3-9H,1-2H3. The maximum atomic E-state index is 11.9. The summed E-state index contributed by atoms with van der Waals surface area (Å²) in [6.45, 7) is 3.86. The molecule has 0 fully saturated rings. The molecular formula is C14H13BrOS. The molecule has 0 saturated carbocycles. The zero-order valence-corrected chi connectivity index (χ0v) is 12.1. The topological polar surface area (TPSA) is 17.1 Å². The van der Waals surface area contributed by atoms with Crippen molar-refractivity contribution in [3.63, 3.8) is 0 Å². The largest absolute Gasteiger partial charge is 0.293 e. The molecule has 3 heteroatoms. The van der Waals surface area contributed by atoms with Crippen molar-refractivity contribution >= 4 is 33.0 Å². The van der Waals surface area contributed by atoms with Gasteiger partial charge >= 0.3 is 0 Å². The van der Waals surface area contributed by atoms with Crippen LogP contribution >= 0.6 is 27.3 Å². The summed E-state index contributed by atoms with van der Waals surface area (Å²) in [5.41, 5.74) is 1.14. The van der Waals surface area contributed by atoms with Crippen molar-refractivity contribution in [2.45, 2.75) is 13.8 Å². The molecular weight excluding hydrogens is 296 g/mol. The molecule has 1 nitrogen and oxygen atoms in total. The fourth-order valence-corrected chi connectivity index (χ4v) is 3.32. The highest BCUT2D eigenvalue weighted by atomic mass is 79.9. The minimum Gasteiger partial charge on any atom is -0.293 e. The van der Waals surface area contributed by atoms with Crippen molar-refractivity contribution in [1.29, 1.82) is 0 Å². The lowest BCUT2D eigenvalue weighted by Crippen LogP contribution is -2.04. The van der Waals surface area contributed by atoms with Gasteiger partial charge in [-0.25, -0.2) is 0 Å². The first-order valence-corrected chi connectivity index (χ1v) is 7.09. The van der Waals surface area contributed by atoms with Crippen LogP contribution in [0.1, 0.15) is 23.5 Å². The van der Waals surface area contributed by atoms with E-state index in [4.69, 9.17) is 0 Å². The van der Waals surface area contributed by atoms with Crippen LogP contribution in [0.4, 0.5) is 0 Å². The van der Waals surface area contributed by atoms with Gasteiger partial charge in [0.05, 0.1) is 4.88 Å². The van der Waals surface area contributed by atoms with Crippen LogP contribution < -0.4 is 0 Å². The van der Waals surface area contributed by atoms with E-state index in [2.05, 4.69) is 22.0 Å². The van der Waals surface area contributed by atoms with Crippen LogP contribution in [0.25, 0.3) is 10.4 Å². The van der Waals surface area contributed by atoms with E-state index in [0.717, 1.165) is 19.8 Å². The maximum Gasteiger partial charge on any atom is 0.175 e. The van der Waals surface area contributed by atoms with E-state index in [1.54, 1.807) is 11.3 Å². The number of hydrogen-bond donors (Lipinski definition) is 0. The van der Waals surface area contributed by atoms with Crippen LogP contribution in [-0.4, -0.2) is 5.78 Å². The van der Waals surface area contributed by atoms with Gasteiger partial charge in [0.1, 0.15) is 0 Å². The van der Waals surface area contributed by atoms with Crippen molar-refractivity contribution in [1.82, 2.24) is 0 Å². The van der Waals surface area contributed by atoms with Gasteiger partial charge in [-0.05, 0) is 18.2 Å². The second kappa shape index (κ2) is 5.15. The average molecular weight is 309 g/mol. The third-order valence-electron chi connectivity index (χ3n) is 2.51. The number of ketones is 1. The Bertz CT molecular complexity index is 543. The number of Topliss-reactive ketones (excluding diaryl/α,β-unsaturated/α-hetero) is 1. The monoisotopic (exact) mass is 308 g/mol. The molecule has 0 atom stereocenters. The predicted octanol–water partition coefficient (Wildman–Crippen LogP) is 5.02. The second-order valence-corrected chi connectivity index (χ2v) is 6.10. The van der Waals surface area contributed by atoms with E-state index in [1.165, 1.54) is 0 Å². The lowest BCUT2D eigenvalue weighted by atomic mass is 10.1. The third-order valence-corrected chi connectivity index (χ3v) is 4.34. The summed E-state index contributed by atoms with van der Waals surface area (Å²) < 4.78 is 1.06. The zero-order chi connectivity index (χ0) is 12.4. The Kier molecular flexibility index (Phi) is 3.79. The predicted molar refractivity (Wildman–Crippen MR) is 76.6 cm³/mol. The molecule has 0 unspecified atom stereocenters. The molecule has 0 spiro atoms. The van der Waals surface area contributed by atoms with E-state index in [0.29, 0.717) is 0 Å². The number of rotatable bonds is 3. The van der Waals surface area contributed by atoms with Gasteiger partial charge in [-0.2, -0.15) is 0 Å². The number of carbonyl (C=O) groups is 1. The van der Waals surface area contributed by atoms with Crippen LogP contribution in [-0.2, 0) is 0 Å². The quantitative estimate of drug-likeness (QED) is 0.728. The van der Waals surface area contributed by atoms with Gasteiger partial charge in [-0.15, -0.1) is 11.3 Å². The molecule has 2 rings (SSSR count). The van der Waals surface area contributed by atoms with Crippen molar-refractivity contribution in [3.05, 3.63) is 45.7 Å². The summed E-state index contributed by atoms with van der Waals surface area (Å²) in [6, 6.07) is 12.0. The summed E-state index contributed by atoms with van der Waals surface area (Å²) in [5.74, 6) is 0.272. The number of halogens is 1. The fraction of sp³-hybridized carbons (Fsp3) is 0.214. The van der Waals surface area contributed by atoms with Gasteiger partial charge in [-0.3, -0.25) is 4.79 Å². The summed E-state index contributed by atoms with van der Waals surface area (Å²) in [4.78, 5) is 13.8. The SMILES string of the molecule is CC(C)C(=O)c1ccc(-c2ccccc2Br)s1. The summed E-state index contributed by atoms with van der Waals surface area (Å²) >= 11 is 5.09. The van der Waals surface area contributed by atoms with E-state index >= 15 is 0 Å². The number of benzene rings is 1. The van der Waals surface area contributed by atoms with Crippen LogP contribution in [0.5, 0.6) is 0 Å². The molecule has 1 heterocycles. The first-order chi connectivity index (χ1) is 8.09. The minimum atomic E-state index is 0.0562. The van der Waals surface area contributed by atoms with Gasteiger partial charge in [0.15, 0.2) is 5.78 Å². The smallest absolute Gasteiger partial charge is 0.175 e. The molecule has 2 aromatic rings. The van der Waals surface area contributed by atoms with Gasteiger partial charge in [0.2, 0.25) is 0 Å². The van der Waals surface area contributed by atoms with E-state index in [9.17, 15) is 4.79 Å². The van der Waals surface area contributed by atoms with Gasteiger partial charge in [0.25, 0.3) is 0 Å². The molecule has 0 radical (unpaired) electrons. The van der Waals surface area contributed by atoms with E-state index in [-0.39, 0.29) is 11.7 Å². The van der Waals surface area contributed by atoms with Crippen molar-refractivity contribution < 1.29 is 4.79 Å². The molecule has 0 saturated heterocycles. The molecule has 0 aliphatic rings. The highest BCUT2D eigenvalue weighted by Gasteiger charge is 2.14. The Labute approximate surface area is 114 Å². The lowest BCUT2D eigenvalue weighted by Gasteiger charge is -2.01. The van der Waals surface area contributed by atoms with Crippen molar-refractivity contribution in [2.75, 3.05) is 0 Å². The fourth-order valence-electron chi connectivity index (χ4n) is 1.56. The number of hydrogen-bond acceptors (Lipinski definition) is 2. The molecule has 1 aromatic carbocycles. The first kappa shape index (κ1) is 12.5. The molecule has 0 aliphatic heterocycles. The highest BCUT2D eigenvalue weighted by molar-refractivity contribution is 9.10. The number of carbonyl (C=O) groups excluding carboxylic acids is 1. The van der Waals surface area contributed by atoms with Crippen LogP contribution in [0.3, 0.4) is 0 Å². The lowest BCUT2D eigenvalue weighted by molar-refractivity contribution is 0.0943. The van der Waals surface area contributed by atoms with Crippen molar-refractivity contribution in [3.8, 4) is 10.4 Å². The highest BCUT2D eigenvalue weighted by Crippen LogP contribution is 2.34. The van der Waals surface area contributed by atoms with Gasteiger partial charge in [-0.1, -0.05) is 48.0 Å². The normalized spacial score (nSPS) is 10.8. The minimum absolute atomic E-state index is 0.0562. The molecule has 0 N–H and O–H groups in total. The molecule has 0 amide bonds. The molecule has 0 aliphatic carbocycles. The number of thiophene rings is 1. The van der Waals surface area contributed by atoms with Crippen LogP contribution in [0.2, 0.25) is 0 Å².